The number of hydrogen-bond acceptors (Lipinski definition) is 6. The molecule has 1 unspecified atom stereocenters. The van der Waals surface area contributed by atoms with Crippen molar-refractivity contribution in [2.24, 2.45) is 5.41 Å². The van der Waals surface area contributed by atoms with Crippen molar-refractivity contribution in [3.8, 4) is 11.5 Å². The fourth-order valence-electron chi connectivity index (χ4n) is 4.41. The molecule has 3 aliphatic rings. The van der Waals surface area contributed by atoms with Crippen molar-refractivity contribution in [3.63, 3.8) is 0 Å². The van der Waals surface area contributed by atoms with Crippen molar-refractivity contribution < 1.29 is 37.3 Å². The number of nitrogens with zero attached hydrogens (tertiary/aromatic N) is 2. The van der Waals surface area contributed by atoms with Gasteiger partial charge in [-0.25, -0.2) is 4.79 Å². The van der Waals surface area contributed by atoms with Gasteiger partial charge in [-0.1, -0.05) is 0 Å². The SMILES string of the molecule is Cc1ccc(CN2CCC3(CC(=O)N(c4ccc5c(c4)OCO5)C3)C2)s1.O=C(O)C(F)(F)F. The van der Waals surface area contributed by atoms with E-state index in [2.05, 4.69) is 24.0 Å². The minimum Gasteiger partial charge on any atom is -0.475 e. The maximum absolute atomic E-state index is 12.7. The second-order valence-corrected chi connectivity index (χ2v) is 9.84. The Bertz CT molecular complexity index is 1060. The van der Waals surface area contributed by atoms with Crippen molar-refractivity contribution in [3.05, 3.63) is 40.1 Å². The second kappa shape index (κ2) is 8.86. The molecule has 0 radical (unpaired) electrons. The van der Waals surface area contributed by atoms with Gasteiger partial charge in [0.2, 0.25) is 12.7 Å². The van der Waals surface area contributed by atoms with E-state index in [-0.39, 0.29) is 18.1 Å². The van der Waals surface area contributed by atoms with Crippen molar-refractivity contribution in [1.82, 2.24) is 4.90 Å². The van der Waals surface area contributed by atoms with Crippen LogP contribution in [-0.2, 0) is 16.1 Å². The molecule has 178 valence electrons. The van der Waals surface area contributed by atoms with E-state index in [1.54, 1.807) is 0 Å². The van der Waals surface area contributed by atoms with Crippen LogP contribution in [-0.4, -0.2) is 54.5 Å². The minimum atomic E-state index is -5.08. The zero-order valence-electron chi connectivity index (χ0n) is 17.9. The number of halogens is 3. The molecule has 1 spiro atoms. The summed E-state index contributed by atoms with van der Waals surface area (Å²) < 4.78 is 42.6. The maximum atomic E-state index is 12.7. The summed E-state index contributed by atoms with van der Waals surface area (Å²) in [6, 6.07) is 10.2. The second-order valence-electron chi connectivity index (χ2n) is 8.47. The normalized spacial score (nSPS) is 22.1. The lowest BCUT2D eigenvalue weighted by Gasteiger charge is -2.24. The molecule has 0 saturated carbocycles. The third-order valence-electron chi connectivity index (χ3n) is 5.92. The highest BCUT2D eigenvalue weighted by atomic mass is 32.1. The summed E-state index contributed by atoms with van der Waals surface area (Å²) in [6.07, 6.45) is -3.36. The van der Waals surface area contributed by atoms with Crippen molar-refractivity contribution in [2.45, 2.75) is 32.5 Å². The van der Waals surface area contributed by atoms with Gasteiger partial charge in [-0.3, -0.25) is 9.69 Å². The Labute approximate surface area is 192 Å². The monoisotopic (exact) mass is 484 g/mol. The standard InChI is InChI=1S/C20H22N2O3S.C2HF3O2/c1-14-2-4-16(26-14)10-21-7-6-20(11-21)9-19(23)22(12-20)15-3-5-17-18(8-15)25-13-24-17;3-2(4,5)1(6)7/h2-5,8H,6-7,9-13H2,1H3;(H,6,7). The Morgan fingerprint density at radius 2 is 1.91 bits per heavy atom. The molecule has 1 aromatic heterocycles. The number of carbonyl (C=O) groups is 2. The lowest BCUT2D eigenvalue weighted by molar-refractivity contribution is -0.192. The van der Waals surface area contributed by atoms with E-state index >= 15 is 0 Å². The first-order valence-corrected chi connectivity index (χ1v) is 11.1. The molecule has 1 N–H and O–H groups in total. The first-order valence-electron chi connectivity index (χ1n) is 10.3. The molecule has 33 heavy (non-hydrogen) atoms. The fraction of sp³-hybridized carbons (Fsp3) is 0.455. The van der Waals surface area contributed by atoms with Crippen molar-refractivity contribution >= 4 is 28.9 Å². The zero-order valence-corrected chi connectivity index (χ0v) is 18.7. The number of carbonyl (C=O) groups excluding carboxylic acids is 1. The Morgan fingerprint density at radius 1 is 1.18 bits per heavy atom. The predicted molar refractivity (Wildman–Crippen MR) is 115 cm³/mol. The van der Waals surface area contributed by atoms with Gasteiger partial charge < -0.3 is 19.5 Å². The van der Waals surface area contributed by atoms with Crippen molar-refractivity contribution in [2.75, 3.05) is 31.3 Å². The number of carboxylic acids is 1. The molecule has 1 aromatic carbocycles. The third kappa shape index (κ3) is 5.25. The van der Waals surface area contributed by atoms with E-state index in [4.69, 9.17) is 19.4 Å². The molecular formula is C22H23F3N2O5S. The summed E-state index contributed by atoms with van der Waals surface area (Å²) in [7, 11) is 0. The van der Waals surface area contributed by atoms with Gasteiger partial charge in [0.1, 0.15) is 0 Å². The van der Waals surface area contributed by atoms with Gasteiger partial charge in [0.15, 0.2) is 11.5 Å². The summed E-state index contributed by atoms with van der Waals surface area (Å²) in [5.74, 6) is -1.05. The smallest absolute Gasteiger partial charge is 0.475 e. The summed E-state index contributed by atoms with van der Waals surface area (Å²) in [6.45, 7) is 6.27. The van der Waals surface area contributed by atoms with Gasteiger partial charge in [0, 0.05) is 53.0 Å². The van der Waals surface area contributed by atoms with Crippen LogP contribution in [0.3, 0.4) is 0 Å². The van der Waals surface area contributed by atoms with E-state index in [0.717, 1.165) is 49.8 Å². The summed E-state index contributed by atoms with van der Waals surface area (Å²) >= 11 is 1.87. The Kier molecular flexibility index (Phi) is 6.28. The van der Waals surface area contributed by atoms with E-state index in [9.17, 15) is 18.0 Å². The van der Waals surface area contributed by atoms with Gasteiger partial charge >= 0.3 is 12.1 Å². The van der Waals surface area contributed by atoms with Crippen LogP contribution >= 0.6 is 11.3 Å². The van der Waals surface area contributed by atoms with Crippen LogP contribution in [0.25, 0.3) is 0 Å². The topological polar surface area (TPSA) is 79.3 Å². The van der Waals surface area contributed by atoms with E-state index in [0.29, 0.717) is 6.42 Å². The van der Waals surface area contributed by atoms with Crippen LogP contribution < -0.4 is 14.4 Å². The molecule has 2 fully saturated rings. The number of aryl methyl sites for hydroxylation is 1. The number of alkyl halides is 3. The number of anilines is 1. The first-order chi connectivity index (χ1) is 15.5. The third-order valence-corrected chi connectivity index (χ3v) is 6.91. The number of amides is 1. The van der Waals surface area contributed by atoms with Gasteiger partial charge in [-0.2, -0.15) is 13.2 Å². The maximum Gasteiger partial charge on any atom is 0.490 e. The molecule has 11 heteroatoms. The van der Waals surface area contributed by atoms with Gasteiger partial charge in [-0.05, 0) is 44.2 Å². The predicted octanol–water partition coefficient (Wildman–Crippen LogP) is 4.05. The molecule has 2 aromatic rings. The number of benzene rings is 1. The van der Waals surface area contributed by atoms with Crippen molar-refractivity contribution in [1.29, 1.82) is 0 Å². The molecule has 2 saturated heterocycles. The van der Waals surface area contributed by atoms with Crippen LogP contribution in [0.2, 0.25) is 0 Å². The molecule has 1 amide bonds. The highest BCUT2D eigenvalue weighted by molar-refractivity contribution is 7.11. The molecule has 7 nitrogen and oxygen atoms in total. The number of hydrogen-bond donors (Lipinski definition) is 1. The lowest BCUT2D eigenvalue weighted by Crippen LogP contribution is -2.31. The molecule has 3 aliphatic heterocycles. The Hall–Kier alpha value is -2.79. The molecule has 5 rings (SSSR count). The quantitative estimate of drug-likeness (QED) is 0.708. The molecular weight excluding hydrogens is 461 g/mol. The summed E-state index contributed by atoms with van der Waals surface area (Å²) in [5.41, 5.74) is 1.00. The highest BCUT2D eigenvalue weighted by Crippen LogP contribution is 2.44. The van der Waals surface area contributed by atoms with E-state index < -0.39 is 12.1 Å². The number of aliphatic carboxylic acids is 1. The zero-order chi connectivity index (χ0) is 23.8. The number of carboxylic acid groups (broad SMARTS) is 1. The summed E-state index contributed by atoms with van der Waals surface area (Å²) in [4.78, 5) is 28.8. The highest BCUT2D eigenvalue weighted by Gasteiger charge is 2.47. The van der Waals surface area contributed by atoms with Gasteiger partial charge in [0.25, 0.3) is 0 Å². The molecule has 0 bridgehead atoms. The number of likely N-dealkylation sites (tertiary alicyclic amines) is 1. The van der Waals surface area contributed by atoms with E-state index in [1.807, 2.05) is 34.4 Å². The largest absolute Gasteiger partial charge is 0.490 e. The molecule has 0 aliphatic carbocycles. The van der Waals surface area contributed by atoms with E-state index in [1.165, 1.54) is 9.75 Å². The van der Waals surface area contributed by atoms with Crippen LogP contribution in [0.4, 0.5) is 18.9 Å². The number of fused-ring (bicyclic) bond motifs is 1. The molecule has 4 heterocycles. The number of ether oxygens (including phenoxy) is 2. The average molecular weight is 484 g/mol. The Morgan fingerprint density at radius 3 is 2.58 bits per heavy atom. The fourth-order valence-corrected chi connectivity index (χ4v) is 5.34. The molecule has 1 atom stereocenters. The lowest BCUT2D eigenvalue weighted by atomic mass is 9.86. The number of thiophene rings is 1. The van der Waals surface area contributed by atoms with Crippen LogP contribution in [0.5, 0.6) is 11.5 Å². The van der Waals surface area contributed by atoms with Crippen LogP contribution in [0.1, 0.15) is 22.6 Å². The van der Waals surface area contributed by atoms with Crippen LogP contribution in [0, 0.1) is 12.3 Å². The minimum absolute atomic E-state index is 0.0831. The number of rotatable bonds is 3. The first kappa shape index (κ1) is 23.4. The average Bonchev–Trinajstić information content (AvgIpc) is 3.50. The van der Waals surface area contributed by atoms with Gasteiger partial charge in [-0.15, -0.1) is 11.3 Å². The van der Waals surface area contributed by atoms with Crippen LogP contribution in [0.15, 0.2) is 30.3 Å². The Balaban J connectivity index is 0.000000325. The van der Waals surface area contributed by atoms with Gasteiger partial charge in [0.05, 0.1) is 0 Å². The summed E-state index contributed by atoms with van der Waals surface area (Å²) in [5, 5.41) is 7.12.